The van der Waals surface area contributed by atoms with Crippen LogP contribution in [0.15, 0.2) is 43.7 Å². The number of phenols is 1. The predicted molar refractivity (Wildman–Crippen MR) is 91.5 cm³/mol. The number of aromatic hydroxyl groups is 1. The first kappa shape index (κ1) is 15.7. The molecule has 0 spiro atoms. The molecule has 0 bridgehead atoms. The van der Waals surface area contributed by atoms with Crippen LogP contribution in [0.2, 0.25) is 0 Å². The van der Waals surface area contributed by atoms with E-state index in [1.165, 1.54) is 7.11 Å². The van der Waals surface area contributed by atoms with E-state index in [2.05, 4.69) is 53.1 Å². The van der Waals surface area contributed by atoms with Crippen LogP contribution in [0, 0.1) is 0 Å². The lowest BCUT2D eigenvalue weighted by Gasteiger charge is -2.13. The molecule has 2 rings (SSSR count). The third kappa shape index (κ3) is 3.48. The molecular formula is C14H12Br3NO2. The fourth-order valence-corrected chi connectivity index (χ4v) is 3.51. The fraction of sp³-hybridized carbons (Fsp3) is 0.143. The first-order chi connectivity index (χ1) is 9.52. The summed E-state index contributed by atoms with van der Waals surface area (Å²) in [5.41, 5.74) is 1.98. The van der Waals surface area contributed by atoms with Gasteiger partial charge < -0.3 is 15.2 Å². The highest BCUT2D eigenvalue weighted by molar-refractivity contribution is 9.11. The van der Waals surface area contributed by atoms with E-state index in [1.807, 2.05) is 24.3 Å². The topological polar surface area (TPSA) is 41.5 Å². The summed E-state index contributed by atoms with van der Waals surface area (Å²) in [4.78, 5) is 0. The average Bonchev–Trinajstić information content (AvgIpc) is 2.42. The summed E-state index contributed by atoms with van der Waals surface area (Å²) < 4.78 is 7.72. The lowest BCUT2D eigenvalue weighted by molar-refractivity contribution is 0.371. The number of ether oxygens (including phenoxy) is 1. The third-order valence-electron chi connectivity index (χ3n) is 2.74. The van der Waals surface area contributed by atoms with Gasteiger partial charge >= 0.3 is 0 Å². The number of hydrogen-bond donors (Lipinski definition) is 2. The smallest absolute Gasteiger partial charge is 0.172 e. The molecule has 0 atom stereocenters. The zero-order valence-electron chi connectivity index (χ0n) is 10.6. The number of methoxy groups -OCH3 is 1. The third-order valence-corrected chi connectivity index (χ3v) is 4.67. The molecule has 0 fully saturated rings. The lowest BCUT2D eigenvalue weighted by Crippen LogP contribution is -2.01. The van der Waals surface area contributed by atoms with Crippen molar-refractivity contribution in [2.24, 2.45) is 0 Å². The zero-order valence-corrected chi connectivity index (χ0v) is 15.3. The van der Waals surface area contributed by atoms with E-state index in [0.717, 1.165) is 20.2 Å². The number of hydrogen-bond acceptors (Lipinski definition) is 3. The number of halogens is 3. The van der Waals surface area contributed by atoms with Crippen molar-refractivity contribution in [2.45, 2.75) is 6.54 Å². The Bertz CT molecular complexity index is 612. The number of rotatable bonds is 4. The molecule has 2 aromatic rings. The first-order valence-electron chi connectivity index (χ1n) is 5.76. The maximum absolute atomic E-state index is 9.79. The van der Waals surface area contributed by atoms with Gasteiger partial charge in [-0.2, -0.15) is 0 Å². The minimum Gasteiger partial charge on any atom is -0.503 e. The van der Waals surface area contributed by atoms with Crippen molar-refractivity contribution in [2.75, 3.05) is 12.4 Å². The predicted octanol–water partition coefficient (Wildman–Crippen LogP) is 5.30. The van der Waals surface area contributed by atoms with Gasteiger partial charge in [0.1, 0.15) is 0 Å². The molecule has 0 amide bonds. The summed E-state index contributed by atoms with van der Waals surface area (Å²) in [6.07, 6.45) is 0. The normalized spacial score (nSPS) is 10.4. The molecule has 0 aliphatic carbocycles. The van der Waals surface area contributed by atoms with E-state index in [4.69, 9.17) is 4.74 Å². The van der Waals surface area contributed by atoms with Gasteiger partial charge in [-0.3, -0.25) is 0 Å². The molecule has 106 valence electrons. The van der Waals surface area contributed by atoms with E-state index in [1.54, 1.807) is 6.07 Å². The number of benzene rings is 2. The van der Waals surface area contributed by atoms with Crippen LogP contribution in [-0.4, -0.2) is 12.2 Å². The van der Waals surface area contributed by atoms with Gasteiger partial charge in [0.25, 0.3) is 0 Å². The van der Waals surface area contributed by atoms with Crippen LogP contribution in [0.3, 0.4) is 0 Å². The van der Waals surface area contributed by atoms with Crippen LogP contribution in [0.5, 0.6) is 11.5 Å². The second-order valence-corrected chi connectivity index (χ2v) is 6.64. The van der Waals surface area contributed by atoms with E-state index >= 15 is 0 Å². The summed E-state index contributed by atoms with van der Waals surface area (Å²) in [6, 6.07) is 9.56. The van der Waals surface area contributed by atoms with Crippen molar-refractivity contribution >= 4 is 53.5 Å². The second kappa shape index (κ2) is 6.83. The molecule has 2 N–H and O–H groups in total. The molecule has 0 aromatic heterocycles. The van der Waals surface area contributed by atoms with Crippen molar-refractivity contribution in [1.29, 1.82) is 0 Å². The summed E-state index contributed by atoms with van der Waals surface area (Å²) in [5.74, 6) is 0.556. The first-order valence-corrected chi connectivity index (χ1v) is 8.14. The summed E-state index contributed by atoms with van der Waals surface area (Å²) in [6.45, 7) is 0.608. The Labute approximate surface area is 142 Å². The largest absolute Gasteiger partial charge is 0.503 e. The average molecular weight is 466 g/mol. The van der Waals surface area contributed by atoms with Gasteiger partial charge in [-0.1, -0.05) is 6.07 Å². The van der Waals surface area contributed by atoms with Crippen LogP contribution in [0.4, 0.5) is 5.69 Å². The fourth-order valence-electron chi connectivity index (χ4n) is 1.74. The maximum atomic E-state index is 9.79. The summed E-state index contributed by atoms with van der Waals surface area (Å²) in [7, 11) is 1.53. The van der Waals surface area contributed by atoms with E-state index in [9.17, 15) is 5.11 Å². The number of phenolic OH excluding ortho intramolecular Hbond substituents is 1. The Hall–Kier alpha value is -0.720. The number of anilines is 1. The molecule has 0 saturated carbocycles. The molecule has 0 saturated heterocycles. The van der Waals surface area contributed by atoms with Crippen molar-refractivity contribution in [3.05, 3.63) is 49.3 Å². The summed E-state index contributed by atoms with van der Waals surface area (Å²) >= 11 is 10.3. The van der Waals surface area contributed by atoms with E-state index in [-0.39, 0.29) is 5.75 Å². The molecular weight excluding hydrogens is 454 g/mol. The van der Waals surface area contributed by atoms with Crippen molar-refractivity contribution in [1.82, 2.24) is 0 Å². The van der Waals surface area contributed by atoms with Crippen molar-refractivity contribution in [3.63, 3.8) is 0 Å². The van der Waals surface area contributed by atoms with Crippen LogP contribution in [0.25, 0.3) is 0 Å². The minimum absolute atomic E-state index is 0.110. The van der Waals surface area contributed by atoms with Gasteiger partial charge in [-0.05, 0) is 77.6 Å². The van der Waals surface area contributed by atoms with Gasteiger partial charge in [0.05, 0.1) is 17.3 Å². The summed E-state index contributed by atoms with van der Waals surface area (Å²) in [5, 5.41) is 13.1. The van der Waals surface area contributed by atoms with Crippen LogP contribution >= 0.6 is 47.8 Å². The Morgan fingerprint density at radius 3 is 2.35 bits per heavy atom. The SMILES string of the molecule is COc1cc(CNc2c(Br)cccc2Br)cc(Br)c1O. The van der Waals surface area contributed by atoms with E-state index < -0.39 is 0 Å². The minimum atomic E-state index is 0.110. The van der Waals surface area contributed by atoms with Gasteiger partial charge in [-0.15, -0.1) is 0 Å². The highest BCUT2D eigenvalue weighted by atomic mass is 79.9. The number of nitrogens with one attached hydrogen (secondary N) is 1. The number of para-hydroxylation sites is 1. The zero-order chi connectivity index (χ0) is 14.7. The van der Waals surface area contributed by atoms with Crippen molar-refractivity contribution in [3.8, 4) is 11.5 Å². The molecule has 0 unspecified atom stereocenters. The van der Waals surface area contributed by atoms with Crippen LogP contribution in [-0.2, 0) is 6.54 Å². The maximum Gasteiger partial charge on any atom is 0.172 e. The molecule has 20 heavy (non-hydrogen) atoms. The van der Waals surface area contributed by atoms with E-state index in [0.29, 0.717) is 16.8 Å². The Kier molecular flexibility index (Phi) is 5.35. The molecule has 0 aliphatic heterocycles. The second-order valence-electron chi connectivity index (χ2n) is 4.08. The molecule has 0 radical (unpaired) electrons. The standard InChI is InChI=1S/C14H12Br3NO2/c1-20-12-6-8(5-11(17)14(12)19)7-18-13-9(15)3-2-4-10(13)16/h2-6,18-19H,7H2,1H3. The van der Waals surface area contributed by atoms with Gasteiger partial charge in [0.2, 0.25) is 0 Å². The quantitative estimate of drug-likeness (QED) is 0.643. The van der Waals surface area contributed by atoms with Crippen molar-refractivity contribution < 1.29 is 9.84 Å². The lowest BCUT2D eigenvalue weighted by atomic mass is 10.2. The highest BCUT2D eigenvalue weighted by Crippen LogP contribution is 2.36. The molecule has 6 heteroatoms. The van der Waals surface area contributed by atoms with Gasteiger partial charge in [0.15, 0.2) is 11.5 Å². The van der Waals surface area contributed by atoms with Gasteiger partial charge in [-0.25, -0.2) is 0 Å². The van der Waals surface area contributed by atoms with Crippen LogP contribution in [0.1, 0.15) is 5.56 Å². The van der Waals surface area contributed by atoms with Gasteiger partial charge in [0, 0.05) is 15.5 Å². The Morgan fingerprint density at radius 1 is 1.10 bits per heavy atom. The monoisotopic (exact) mass is 463 g/mol. The molecule has 0 heterocycles. The highest BCUT2D eigenvalue weighted by Gasteiger charge is 2.09. The Balaban J connectivity index is 2.21. The molecule has 3 nitrogen and oxygen atoms in total. The Morgan fingerprint density at radius 2 is 1.75 bits per heavy atom. The molecule has 0 aliphatic rings. The molecule has 2 aromatic carbocycles. The van der Waals surface area contributed by atoms with Crippen LogP contribution < -0.4 is 10.1 Å².